The molecule has 1 aliphatic rings. The lowest BCUT2D eigenvalue weighted by molar-refractivity contribution is -0.140. The van der Waals surface area contributed by atoms with Crippen LogP contribution in [0.5, 0.6) is 0 Å². The van der Waals surface area contributed by atoms with E-state index in [2.05, 4.69) is 10.2 Å². The minimum absolute atomic E-state index is 0.105. The van der Waals surface area contributed by atoms with Gasteiger partial charge in [0.2, 0.25) is 17.7 Å². The number of amides is 2. The first kappa shape index (κ1) is 15.1. The van der Waals surface area contributed by atoms with Gasteiger partial charge in [0.25, 0.3) is 5.22 Å². The van der Waals surface area contributed by atoms with Gasteiger partial charge in [0.15, 0.2) is 0 Å². The zero-order chi connectivity index (χ0) is 15.5. The van der Waals surface area contributed by atoms with Crippen LogP contribution in [0.4, 0.5) is 0 Å². The monoisotopic (exact) mass is 337 g/mol. The fraction of sp³-hybridized carbons (Fsp3) is 0.286. The zero-order valence-electron chi connectivity index (χ0n) is 11.5. The smallest absolute Gasteiger partial charge is 0.277 e. The number of hydrogen-bond donors (Lipinski definition) is 0. The molecule has 6 nitrogen and oxygen atoms in total. The zero-order valence-corrected chi connectivity index (χ0v) is 13.1. The van der Waals surface area contributed by atoms with E-state index in [1.54, 1.807) is 24.3 Å². The Bertz CT molecular complexity index is 702. The molecular weight excluding hydrogens is 326 g/mol. The molecule has 114 valence electrons. The summed E-state index contributed by atoms with van der Waals surface area (Å²) in [5.74, 6) is 0.133. The van der Waals surface area contributed by atoms with Crippen molar-refractivity contribution < 1.29 is 14.0 Å². The van der Waals surface area contributed by atoms with Crippen molar-refractivity contribution in [1.82, 2.24) is 15.1 Å². The number of thioether (sulfide) groups is 1. The molecule has 1 aromatic carbocycles. The van der Waals surface area contributed by atoms with E-state index in [0.29, 0.717) is 29.1 Å². The van der Waals surface area contributed by atoms with E-state index in [0.717, 1.165) is 23.7 Å². The first-order chi connectivity index (χ1) is 10.6. The van der Waals surface area contributed by atoms with E-state index < -0.39 is 0 Å². The van der Waals surface area contributed by atoms with Gasteiger partial charge in [0.05, 0.1) is 5.75 Å². The molecule has 0 unspecified atom stereocenters. The molecule has 3 rings (SSSR count). The summed E-state index contributed by atoms with van der Waals surface area (Å²) in [5, 5.41) is 8.74. The molecule has 0 atom stereocenters. The Hall–Kier alpha value is -1.86. The molecule has 2 aromatic rings. The summed E-state index contributed by atoms with van der Waals surface area (Å²) in [7, 11) is 0. The van der Waals surface area contributed by atoms with Crippen LogP contribution < -0.4 is 0 Å². The van der Waals surface area contributed by atoms with Gasteiger partial charge in [0.1, 0.15) is 0 Å². The van der Waals surface area contributed by atoms with Crippen LogP contribution in [-0.2, 0) is 9.59 Å². The Labute approximate surface area is 135 Å². The van der Waals surface area contributed by atoms with Crippen molar-refractivity contribution in [1.29, 1.82) is 0 Å². The lowest BCUT2D eigenvalue weighted by Gasteiger charge is -2.11. The summed E-state index contributed by atoms with van der Waals surface area (Å²) >= 11 is 6.95. The minimum Gasteiger partial charge on any atom is -0.411 e. The van der Waals surface area contributed by atoms with Gasteiger partial charge in [-0.05, 0) is 30.7 Å². The van der Waals surface area contributed by atoms with Crippen LogP contribution in [0.3, 0.4) is 0 Å². The predicted octanol–water partition coefficient (Wildman–Crippen LogP) is 2.63. The summed E-state index contributed by atoms with van der Waals surface area (Å²) in [5.41, 5.74) is 0.754. The molecule has 0 saturated carbocycles. The molecule has 1 fully saturated rings. The molecule has 8 heteroatoms. The number of rotatable bonds is 4. The lowest BCUT2D eigenvalue weighted by atomic mass is 10.2. The Morgan fingerprint density at radius 3 is 2.77 bits per heavy atom. The number of halogens is 1. The topological polar surface area (TPSA) is 76.3 Å². The minimum atomic E-state index is -0.223. The third-order valence-electron chi connectivity index (χ3n) is 3.19. The standard InChI is InChI=1S/C14H12ClN3O3S/c15-10-5-3-9(4-6-10)13-16-17-14(21-13)22-8-12(20)18-7-1-2-11(18)19/h3-6H,1-2,7-8H2. The summed E-state index contributed by atoms with van der Waals surface area (Å²) in [4.78, 5) is 24.7. The van der Waals surface area contributed by atoms with Crippen molar-refractivity contribution in [2.24, 2.45) is 0 Å². The highest BCUT2D eigenvalue weighted by Gasteiger charge is 2.26. The van der Waals surface area contributed by atoms with E-state index in [4.69, 9.17) is 16.0 Å². The van der Waals surface area contributed by atoms with Crippen LogP contribution in [-0.4, -0.2) is 39.2 Å². The first-order valence-electron chi connectivity index (χ1n) is 6.69. The lowest BCUT2D eigenvalue weighted by Crippen LogP contribution is -2.33. The van der Waals surface area contributed by atoms with Crippen LogP contribution in [0.25, 0.3) is 11.5 Å². The van der Waals surface area contributed by atoms with Crippen LogP contribution in [0.1, 0.15) is 12.8 Å². The maximum atomic E-state index is 11.9. The van der Waals surface area contributed by atoms with Crippen molar-refractivity contribution in [3.8, 4) is 11.5 Å². The summed E-state index contributed by atoms with van der Waals surface area (Å²) in [6, 6.07) is 7.02. The summed E-state index contributed by atoms with van der Waals surface area (Å²) in [6.45, 7) is 0.498. The van der Waals surface area contributed by atoms with Gasteiger partial charge in [-0.25, -0.2) is 0 Å². The quantitative estimate of drug-likeness (QED) is 0.798. The molecule has 1 aromatic heterocycles. The third kappa shape index (κ3) is 3.31. The van der Waals surface area contributed by atoms with Crippen LogP contribution in [0, 0.1) is 0 Å². The Morgan fingerprint density at radius 2 is 2.09 bits per heavy atom. The van der Waals surface area contributed by atoms with Gasteiger partial charge in [-0.15, -0.1) is 10.2 Å². The number of likely N-dealkylation sites (tertiary alicyclic amines) is 1. The molecule has 1 saturated heterocycles. The number of imide groups is 1. The SMILES string of the molecule is O=C1CCCN1C(=O)CSc1nnc(-c2ccc(Cl)cc2)o1. The molecule has 0 radical (unpaired) electrons. The van der Waals surface area contributed by atoms with Crippen molar-refractivity contribution in [3.63, 3.8) is 0 Å². The van der Waals surface area contributed by atoms with E-state index >= 15 is 0 Å². The molecular formula is C14H12ClN3O3S. The normalized spacial score (nSPS) is 14.6. The predicted molar refractivity (Wildman–Crippen MR) is 81.4 cm³/mol. The average molecular weight is 338 g/mol. The van der Waals surface area contributed by atoms with Gasteiger partial charge >= 0.3 is 0 Å². The van der Waals surface area contributed by atoms with Gasteiger partial charge in [-0.3, -0.25) is 14.5 Å². The Kier molecular flexibility index (Phi) is 4.44. The van der Waals surface area contributed by atoms with Crippen LogP contribution in [0.15, 0.2) is 33.9 Å². The Balaban J connectivity index is 1.61. The number of benzene rings is 1. The molecule has 0 spiro atoms. The van der Waals surface area contributed by atoms with E-state index in [-0.39, 0.29) is 17.6 Å². The second-order valence-electron chi connectivity index (χ2n) is 4.71. The van der Waals surface area contributed by atoms with Gasteiger partial charge in [0, 0.05) is 23.6 Å². The van der Waals surface area contributed by atoms with Crippen molar-refractivity contribution in [2.75, 3.05) is 12.3 Å². The second-order valence-corrected chi connectivity index (χ2v) is 6.07. The van der Waals surface area contributed by atoms with Gasteiger partial charge < -0.3 is 4.42 Å². The van der Waals surface area contributed by atoms with Crippen LogP contribution in [0.2, 0.25) is 5.02 Å². The average Bonchev–Trinajstić information content (AvgIpc) is 3.14. The van der Waals surface area contributed by atoms with Crippen LogP contribution >= 0.6 is 23.4 Å². The highest BCUT2D eigenvalue weighted by Crippen LogP contribution is 2.24. The number of aromatic nitrogens is 2. The molecule has 1 aliphatic heterocycles. The maximum absolute atomic E-state index is 11.9. The van der Waals surface area contributed by atoms with Crippen molar-refractivity contribution >= 4 is 35.2 Å². The number of nitrogens with zero attached hydrogens (tertiary/aromatic N) is 3. The number of carbonyl (C=O) groups is 2. The largest absolute Gasteiger partial charge is 0.411 e. The molecule has 2 amide bonds. The van der Waals surface area contributed by atoms with Gasteiger partial charge in [-0.1, -0.05) is 23.4 Å². The maximum Gasteiger partial charge on any atom is 0.277 e. The first-order valence-corrected chi connectivity index (χ1v) is 8.05. The van der Waals surface area contributed by atoms with Crippen molar-refractivity contribution in [3.05, 3.63) is 29.3 Å². The number of hydrogen-bond acceptors (Lipinski definition) is 6. The molecule has 0 bridgehead atoms. The molecule has 0 N–H and O–H groups in total. The van der Waals surface area contributed by atoms with Crippen molar-refractivity contribution in [2.45, 2.75) is 18.1 Å². The Morgan fingerprint density at radius 1 is 1.32 bits per heavy atom. The summed E-state index contributed by atoms with van der Waals surface area (Å²) < 4.78 is 5.49. The highest BCUT2D eigenvalue weighted by atomic mass is 35.5. The second kappa shape index (κ2) is 6.50. The van der Waals surface area contributed by atoms with E-state index in [1.807, 2.05) is 0 Å². The third-order valence-corrected chi connectivity index (χ3v) is 4.25. The molecule has 2 heterocycles. The fourth-order valence-corrected chi connectivity index (χ4v) is 2.86. The molecule has 22 heavy (non-hydrogen) atoms. The number of carbonyl (C=O) groups excluding carboxylic acids is 2. The van der Waals surface area contributed by atoms with Gasteiger partial charge in [-0.2, -0.15) is 0 Å². The summed E-state index contributed by atoms with van der Waals surface area (Å²) in [6.07, 6.45) is 1.17. The molecule has 0 aliphatic carbocycles. The highest BCUT2D eigenvalue weighted by molar-refractivity contribution is 7.99. The van der Waals surface area contributed by atoms with E-state index in [1.165, 1.54) is 4.90 Å². The van der Waals surface area contributed by atoms with E-state index in [9.17, 15) is 9.59 Å². The fourth-order valence-electron chi connectivity index (χ4n) is 2.09.